The van der Waals surface area contributed by atoms with Crippen molar-refractivity contribution in [2.24, 2.45) is 0 Å². The minimum absolute atomic E-state index is 0.110. The summed E-state index contributed by atoms with van der Waals surface area (Å²) in [5, 5.41) is 1.23. The van der Waals surface area contributed by atoms with Crippen LogP contribution >= 0.6 is 23.2 Å². The van der Waals surface area contributed by atoms with E-state index < -0.39 is 0 Å². The Kier molecular flexibility index (Phi) is 7.11. The molecule has 3 aromatic rings. The van der Waals surface area contributed by atoms with Gasteiger partial charge in [0.05, 0.1) is 18.5 Å². The Hall–Kier alpha value is -1.85. The second kappa shape index (κ2) is 9.97. The maximum absolute atomic E-state index is 6.54. The van der Waals surface area contributed by atoms with Gasteiger partial charge in [-0.25, -0.2) is 4.98 Å². The normalized spacial score (nSPS) is 20.2. The number of hydrogen-bond donors (Lipinski definition) is 0. The first-order valence-corrected chi connectivity index (χ1v) is 11.1. The second-order valence-corrected chi connectivity index (χ2v) is 8.70. The van der Waals surface area contributed by atoms with Crippen LogP contribution < -0.4 is 0 Å². The molecule has 4 rings (SSSR count). The Morgan fingerprint density at radius 2 is 2.00 bits per heavy atom. The number of nitrogens with zero attached hydrogens (tertiary/aromatic N) is 2. The first-order valence-electron chi connectivity index (χ1n) is 10.3. The van der Waals surface area contributed by atoms with Crippen molar-refractivity contribution in [1.82, 2.24) is 9.55 Å². The molecule has 0 spiro atoms. The van der Waals surface area contributed by atoms with Gasteiger partial charge in [0.1, 0.15) is 0 Å². The highest BCUT2D eigenvalue weighted by Gasteiger charge is 2.27. The van der Waals surface area contributed by atoms with E-state index in [1.54, 1.807) is 12.3 Å². The number of rotatable bonds is 7. The standard InChI is InChI=1S/C24H26Cl2N2O2/c1-17-5-7-18(8-6-17)13-23(21-10-9-19(25)14-22(21)26)30-24-4-2-3-20(29-24)15-28-12-11-27-16-28/h5-12,14,16,20,23-24H,2-4,13,15H2,1H3. The lowest BCUT2D eigenvalue weighted by molar-refractivity contribution is -0.218. The molecule has 6 heteroatoms. The smallest absolute Gasteiger partial charge is 0.158 e. The fraction of sp³-hybridized carbons (Fsp3) is 0.375. The highest BCUT2D eigenvalue weighted by atomic mass is 35.5. The van der Waals surface area contributed by atoms with Crippen molar-refractivity contribution in [3.8, 4) is 0 Å². The van der Waals surface area contributed by atoms with Crippen LogP contribution in [0.4, 0.5) is 0 Å². The molecule has 30 heavy (non-hydrogen) atoms. The first kappa shape index (κ1) is 21.4. The van der Waals surface area contributed by atoms with Crippen molar-refractivity contribution < 1.29 is 9.47 Å². The average molecular weight is 445 g/mol. The zero-order chi connectivity index (χ0) is 20.9. The summed E-state index contributed by atoms with van der Waals surface area (Å²) in [5.41, 5.74) is 3.36. The monoisotopic (exact) mass is 444 g/mol. The lowest BCUT2D eigenvalue weighted by atomic mass is 10.00. The number of benzene rings is 2. The van der Waals surface area contributed by atoms with Gasteiger partial charge >= 0.3 is 0 Å². The van der Waals surface area contributed by atoms with E-state index in [4.69, 9.17) is 32.7 Å². The zero-order valence-corrected chi connectivity index (χ0v) is 18.5. The predicted octanol–water partition coefficient (Wildman–Crippen LogP) is 6.39. The molecule has 1 fully saturated rings. The Bertz CT molecular complexity index is 944. The van der Waals surface area contributed by atoms with Gasteiger partial charge in [0.2, 0.25) is 0 Å². The predicted molar refractivity (Wildman–Crippen MR) is 120 cm³/mol. The van der Waals surface area contributed by atoms with Crippen molar-refractivity contribution >= 4 is 23.2 Å². The molecule has 2 aromatic carbocycles. The maximum atomic E-state index is 6.54. The quantitative estimate of drug-likeness (QED) is 0.423. The van der Waals surface area contributed by atoms with Gasteiger partial charge in [0.25, 0.3) is 0 Å². The fourth-order valence-corrected chi connectivity index (χ4v) is 4.37. The van der Waals surface area contributed by atoms with Crippen LogP contribution in [-0.2, 0) is 22.4 Å². The van der Waals surface area contributed by atoms with E-state index in [-0.39, 0.29) is 18.5 Å². The van der Waals surface area contributed by atoms with Crippen LogP contribution in [0.5, 0.6) is 0 Å². The van der Waals surface area contributed by atoms with Crippen molar-refractivity contribution in [3.63, 3.8) is 0 Å². The molecule has 1 aliphatic heterocycles. The molecule has 1 aliphatic rings. The Morgan fingerprint density at radius 1 is 1.17 bits per heavy atom. The lowest BCUT2D eigenvalue weighted by Gasteiger charge is -2.33. The number of hydrogen-bond acceptors (Lipinski definition) is 3. The average Bonchev–Trinajstić information content (AvgIpc) is 3.23. The van der Waals surface area contributed by atoms with Crippen molar-refractivity contribution in [3.05, 3.63) is 87.9 Å². The molecule has 4 nitrogen and oxygen atoms in total. The van der Waals surface area contributed by atoms with Gasteiger partial charge in [-0.1, -0.05) is 59.1 Å². The van der Waals surface area contributed by atoms with E-state index in [9.17, 15) is 0 Å². The number of aryl methyl sites for hydroxylation is 1. The Balaban J connectivity index is 1.50. The van der Waals surface area contributed by atoms with Crippen LogP contribution in [0.15, 0.2) is 61.2 Å². The largest absolute Gasteiger partial charge is 0.348 e. The zero-order valence-electron chi connectivity index (χ0n) is 17.0. The topological polar surface area (TPSA) is 36.3 Å². The van der Waals surface area contributed by atoms with E-state index in [1.165, 1.54) is 11.1 Å². The van der Waals surface area contributed by atoms with Crippen LogP contribution in [-0.4, -0.2) is 21.9 Å². The number of ether oxygens (including phenoxy) is 2. The first-order chi connectivity index (χ1) is 14.6. The van der Waals surface area contributed by atoms with Gasteiger partial charge in [-0.15, -0.1) is 0 Å². The fourth-order valence-electron chi connectivity index (χ4n) is 3.84. The van der Waals surface area contributed by atoms with Crippen LogP contribution in [0.3, 0.4) is 0 Å². The van der Waals surface area contributed by atoms with Gasteiger partial charge in [-0.2, -0.15) is 0 Å². The molecule has 0 amide bonds. The summed E-state index contributed by atoms with van der Waals surface area (Å²) < 4.78 is 14.8. The van der Waals surface area contributed by atoms with E-state index in [0.29, 0.717) is 16.5 Å². The molecule has 0 radical (unpaired) electrons. The highest BCUT2D eigenvalue weighted by molar-refractivity contribution is 6.35. The van der Waals surface area contributed by atoms with Crippen LogP contribution in [0.2, 0.25) is 10.0 Å². The number of imidazole rings is 1. The molecule has 0 N–H and O–H groups in total. The minimum atomic E-state index is -0.269. The van der Waals surface area contributed by atoms with Gasteiger partial charge in [0.15, 0.2) is 6.29 Å². The van der Waals surface area contributed by atoms with Crippen molar-refractivity contribution in [1.29, 1.82) is 0 Å². The molecule has 2 heterocycles. The summed E-state index contributed by atoms with van der Waals surface area (Å²) in [6, 6.07) is 14.1. The van der Waals surface area contributed by atoms with Gasteiger partial charge in [0, 0.05) is 35.4 Å². The molecule has 1 aromatic heterocycles. The maximum Gasteiger partial charge on any atom is 0.158 e. The summed E-state index contributed by atoms with van der Waals surface area (Å²) in [4.78, 5) is 4.12. The number of aromatic nitrogens is 2. The van der Waals surface area contributed by atoms with E-state index in [2.05, 4.69) is 36.2 Å². The number of halogens is 2. The van der Waals surface area contributed by atoms with Crippen LogP contribution in [0.1, 0.15) is 42.1 Å². The highest BCUT2D eigenvalue weighted by Crippen LogP contribution is 2.34. The van der Waals surface area contributed by atoms with E-state index in [0.717, 1.165) is 31.4 Å². The van der Waals surface area contributed by atoms with E-state index in [1.807, 2.05) is 29.2 Å². The van der Waals surface area contributed by atoms with Gasteiger partial charge in [-0.3, -0.25) is 0 Å². The summed E-state index contributed by atoms with van der Waals surface area (Å²) in [6.45, 7) is 2.87. The Morgan fingerprint density at radius 3 is 2.73 bits per heavy atom. The molecule has 0 aliphatic carbocycles. The third kappa shape index (κ3) is 5.64. The van der Waals surface area contributed by atoms with Crippen LogP contribution in [0.25, 0.3) is 0 Å². The second-order valence-electron chi connectivity index (χ2n) is 7.86. The summed E-state index contributed by atoms with van der Waals surface area (Å²) >= 11 is 12.7. The van der Waals surface area contributed by atoms with Crippen molar-refractivity contribution in [2.75, 3.05) is 0 Å². The summed E-state index contributed by atoms with van der Waals surface area (Å²) in [5.74, 6) is 0. The lowest BCUT2D eigenvalue weighted by Crippen LogP contribution is -2.33. The SMILES string of the molecule is Cc1ccc(CC(OC2CCCC(Cn3ccnc3)O2)c2ccc(Cl)cc2Cl)cc1. The molecule has 1 saturated heterocycles. The van der Waals surface area contributed by atoms with Gasteiger partial charge < -0.3 is 14.0 Å². The summed E-state index contributed by atoms with van der Waals surface area (Å²) in [7, 11) is 0. The molecular weight excluding hydrogens is 419 g/mol. The van der Waals surface area contributed by atoms with E-state index >= 15 is 0 Å². The summed E-state index contributed by atoms with van der Waals surface area (Å²) in [6.07, 6.45) is 8.87. The minimum Gasteiger partial charge on any atom is -0.348 e. The molecule has 3 atom stereocenters. The molecular formula is C24H26Cl2N2O2. The van der Waals surface area contributed by atoms with Crippen LogP contribution in [0, 0.1) is 6.92 Å². The molecule has 3 unspecified atom stereocenters. The van der Waals surface area contributed by atoms with Crippen molar-refractivity contribution in [2.45, 2.75) is 57.6 Å². The molecule has 0 saturated carbocycles. The molecule has 0 bridgehead atoms. The Labute approximate surface area is 187 Å². The third-order valence-corrected chi connectivity index (χ3v) is 6.01. The molecule has 158 valence electrons. The third-order valence-electron chi connectivity index (χ3n) is 5.45. The van der Waals surface area contributed by atoms with Gasteiger partial charge in [-0.05, 0) is 49.4 Å².